The molecule has 1 rings (SSSR count). The molecule has 1 aromatic rings. The Morgan fingerprint density at radius 3 is 2.56 bits per heavy atom. The van der Waals surface area contributed by atoms with Gasteiger partial charge in [-0.15, -0.1) is 0 Å². The number of benzene rings is 1. The van der Waals surface area contributed by atoms with E-state index in [0.29, 0.717) is 17.5 Å². The number of nitrogens with one attached hydrogen (secondary N) is 1. The van der Waals surface area contributed by atoms with E-state index < -0.39 is 6.10 Å². The Hall–Kier alpha value is -0.570. The van der Waals surface area contributed by atoms with Crippen molar-refractivity contribution in [2.75, 3.05) is 13.1 Å². The molecule has 1 aromatic carbocycles. The second-order valence-electron chi connectivity index (χ2n) is 4.58. The Morgan fingerprint density at radius 2 is 2.00 bits per heavy atom. The van der Waals surface area contributed by atoms with Crippen molar-refractivity contribution in [1.82, 2.24) is 5.32 Å². The molecule has 3 heteroatoms. The van der Waals surface area contributed by atoms with Crippen LogP contribution in [0.15, 0.2) is 18.2 Å². The maximum atomic E-state index is 9.93. The summed E-state index contributed by atoms with van der Waals surface area (Å²) in [7, 11) is 0. The second-order valence-corrected chi connectivity index (χ2v) is 4.98. The molecule has 0 radical (unpaired) electrons. The summed E-state index contributed by atoms with van der Waals surface area (Å²) in [4.78, 5) is 0. The molecule has 0 heterocycles. The summed E-state index contributed by atoms with van der Waals surface area (Å²) in [5.74, 6) is 0.591. The highest BCUT2D eigenvalue weighted by Gasteiger charge is 2.08. The van der Waals surface area contributed by atoms with Crippen molar-refractivity contribution in [2.45, 2.75) is 26.9 Å². The molecule has 2 N–H and O–H groups in total. The topological polar surface area (TPSA) is 32.3 Å². The summed E-state index contributed by atoms with van der Waals surface area (Å²) in [5, 5.41) is 13.9. The first kappa shape index (κ1) is 13.5. The van der Waals surface area contributed by atoms with Crippen LogP contribution in [0, 0.1) is 12.8 Å². The van der Waals surface area contributed by atoms with E-state index in [4.69, 9.17) is 11.6 Å². The largest absolute Gasteiger partial charge is 0.387 e. The van der Waals surface area contributed by atoms with Gasteiger partial charge in [-0.25, -0.2) is 0 Å². The SMILES string of the molecule is Cc1ccc(C(O)CNCC(C)C)cc1Cl. The summed E-state index contributed by atoms with van der Waals surface area (Å²) < 4.78 is 0. The lowest BCUT2D eigenvalue weighted by Gasteiger charge is -2.14. The van der Waals surface area contributed by atoms with Crippen molar-refractivity contribution in [3.63, 3.8) is 0 Å². The highest BCUT2D eigenvalue weighted by molar-refractivity contribution is 6.31. The zero-order chi connectivity index (χ0) is 12.1. The molecule has 0 aliphatic heterocycles. The van der Waals surface area contributed by atoms with Crippen LogP contribution in [0.1, 0.15) is 31.1 Å². The number of hydrogen-bond acceptors (Lipinski definition) is 2. The van der Waals surface area contributed by atoms with Crippen molar-refractivity contribution in [3.05, 3.63) is 34.3 Å². The molecular weight excluding hydrogens is 222 g/mol. The van der Waals surface area contributed by atoms with Crippen LogP contribution in [-0.4, -0.2) is 18.2 Å². The highest BCUT2D eigenvalue weighted by atomic mass is 35.5. The van der Waals surface area contributed by atoms with Gasteiger partial charge in [-0.1, -0.05) is 37.6 Å². The van der Waals surface area contributed by atoms with E-state index in [2.05, 4.69) is 19.2 Å². The van der Waals surface area contributed by atoms with Gasteiger partial charge in [0.15, 0.2) is 0 Å². The van der Waals surface area contributed by atoms with E-state index in [1.165, 1.54) is 0 Å². The normalized spacial score (nSPS) is 13.1. The number of rotatable bonds is 5. The Morgan fingerprint density at radius 1 is 1.31 bits per heavy atom. The van der Waals surface area contributed by atoms with Crippen molar-refractivity contribution in [1.29, 1.82) is 0 Å². The van der Waals surface area contributed by atoms with Crippen LogP contribution in [0.2, 0.25) is 5.02 Å². The van der Waals surface area contributed by atoms with Crippen LogP contribution in [-0.2, 0) is 0 Å². The van der Waals surface area contributed by atoms with Crippen molar-refractivity contribution < 1.29 is 5.11 Å². The van der Waals surface area contributed by atoms with Crippen LogP contribution in [0.25, 0.3) is 0 Å². The Labute approximate surface area is 103 Å². The molecule has 0 aliphatic rings. The third kappa shape index (κ3) is 4.12. The predicted molar refractivity (Wildman–Crippen MR) is 68.9 cm³/mol. The molecule has 1 atom stereocenters. The quantitative estimate of drug-likeness (QED) is 0.831. The van der Waals surface area contributed by atoms with Crippen molar-refractivity contribution in [2.24, 2.45) is 5.92 Å². The second kappa shape index (κ2) is 6.24. The summed E-state index contributed by atoms with van der Waals surface area (Å²) in [6, 6.07) is 5.69. The van der Waals surface area contributed by atoms with Crippen LogP contribution >= 0.6 is 11.6 Å². The minimum atomic E-state index is -0.489. The fourth-order valence-corrected chi connectivity index (χ4v) is 1.63. The van der Waals surface area contributed by atoms with Gasteiger partial charge in [-0.3, -0.25) is 0 Å². The van der Waals surface area contributed by atoms with Gasteiger partial charge in [0.05, 0.1) is 6.10 Å². The molecule has 0 aromatic heterocycles. The van der Waals surface area contributed by atoms with Gasteiger partial charge in [0.2, 0.25) is 0 Å². The Kier molecular flexibility index (Phi) is 5.26. The monoisotopic (exact) mass is 241 g/mol. The zero-order valence-electron chi connectivity index (χ0n) is 10.1. The minimum absolute atomic E-state index is 0.489. The molecule has 2 nitrogen and oxygen atoms in total. The van der Waals surface area contributed by atoms with Gasteiger partial charge in [0.25, 0.3) is 0 Å². The van der Waals surface area contributed by atoms with Crippen LogP contribution in [0.5, 0.6) is 0 Å². The smallest absolute Gasteiger partial charge is 0.0914 e. The zero-order valence-corrected chi connectivity index (χ0v) is 10.9. The molecule has 0 aliphatic carbocycles. The lowest BCUT2D eigenvalue weighted by Crippen LogP contribution is -2.25. The molecule has 0 saturated carbocycles. The lowest BCUT2D eigenvalue weighted by molar-refractivity contribution is 0.173. The molecule has 0 spiro atoms. The summed E-state index contributed by atoms with van der Waals surface area (Å²) in [5.41, 5.74) is 1.90. The van der Waals surface area contributed by atoms with E-state index >= 15 is 0 Å². The summed E-state index contributed by atoms with van der Waals surface area (Å²) in [6.45, 7) is 7.72. The molecule has 16 heavy (non-hydrogen) atoms. The average molecular weight is 242 g/mol. The summed E-state index contributed by atoms with van der Waals surface area (Å²) in [6.07, 6.45) is -0.489. The first-order chi connectivity index (χ1) is 7.50. The molecule has 0 amide bonds. The Bertz CT molecular complexity index is 339. The maximum Gasteiger partial charge on any atom is 0.0914 e. The number of aliphatic hydroxyl groups excluding tert-OH is 1. The Balaban J connectivity index is 2.52. The van der Waals surface area contributed by atoms with E-state index in [9.17, 15) is 5.11 Å². The fourth-order valence-electron chi connectivity index (χ4n) is 1.44. The number of aliphatic hydroxyl groups is 1. The lowest BCUT2D eigenvalue weighted by atomic mass is 10.1. The van der Waals surface area contributed by atoms with Crippen LogP contribution in [0.4, 0.5) is 0 Å². The predicted octanol–water partition coefficient (Wildman–Crippen LogP) is 2.93. The molecule has 0 saturated heterocycles. The highest BCUT2D eigenvalue weighted by Crippen LogP contribution is 2.20. The van der Waals surface area contributed by atoms with Crippen molar-refractivity contribution >= 4 is 11.6 Å². The molecular formula is C13H20ClNO. The van der Waals surface area contributed by atoms with Crippen LogP contribution < -0.4 is 5.32 Å². The van der Waals surface area contributed by atoms with Gasteiger partial charge >= 0.3 is 0 Å². The van der Waals surface area contributed by atoms with Gasteiger partial charge in [0, 0.05) is 11.6 Å². The van der Waals surface area contributed by atoms with E-state index in [-0.39, 0.29) is 0 Å². The minimum Gasteiger partial charge on any atom is -0.387 e. The van der Waals surface area contributed by atoms with E-state index in [1.54, 1.807) is 0 Å². The van der Waals surface area contributed by atoms with Gasteiger partial charge in [-0.2, -0.15) is 0 Å². The third-order valence-electron chi connectivity index (χ3n) is 2.47. The van der Waals surface area contributed by atoms with E-state index in [0.717, 1.165) is 17.7 Å². The van der Waals surface area contributed by atoms with Crippen LogP contribution in [0.3, 0.4) is 0 Å². The molecule has 0 bridgehead atoms. The fraction of sp³-hybridized carbons (Fsp3) is 0.538. The number of halogens is 1. The standard InChI is InChI=1S/C13H20ClNO/c1-9(2)7-15-8-13(16)11-5-4-10(3)12(14)6-11/h4-6,9,13,15-16H,7-8H2,1-3H3. The number of hydrogen-bond donors (Lipinski definition) is 2. The van der Waals surface area contributed by atoms with E-state index in [1.807, 2.05) is 25.1 Å². The van der Waals surface area contributed by atoms with Gasteiger partial charge in [0.1, 0.15) is 0 Å². The average Bonchev–Trinajstić information content (AvgIpc) is 2.21. The maximum absolute atomic E-state index is 9.93. The third-order valence-corrected chi connectivity index (χ3v) is 2.88. The van der Waals surface area contributed by atoms with Gasteiger partial charge < -0.3 is 10.4 Å². The molecule has 90 valence electrons. The first-order valence-corrected chi connectivity index (χ1v) is 6.03. The molecule has 1 unspecified atom stereocenters. The van der Waals surface area contributed by atoms with Crippen molar-refractivity contribution in [3.8, 4) is 0 Å². The first-order valence-electron chi connectivity index (χ1n) is 5.65. The number of aryl methyl sites for hydroxylation is 1. The molecule has 0 fully saturated rings. The van der Waals surface area contributed by atoms with Gasteiger partial charge in [-0.05, 0) is 36.6 Å². The summed E-state index contributed by atoms with van der Waals surface area (Å²) >= 11 is 6.01.